The highest BCUT2D eigenvalue weighted by molar-refractivity contribution is 5.43. The van der Waals surface area contributed by atoms with Gasteiger partial charge in [-0.25, -0.2) is 4.39 Å². The SMILES string of the molecule is Cc1ccc(C(C)C)c(OCc2cccc(N)c2F)c1. The zero-order chi connectivity index (χ0) is 14.7. The smallest absolute Gasteiger partial charge is 0.152 e. The predicted octanol–water partition coefficient (Wildman–Crippen LogP) is 4.42. The lowest BCUT2D eigenvalue weighted by atomic mass is 10.0. The quantitative estimate of drug-likeness (QED) is 0.837. The molecule has 0 spiro atoms. The number of aryl methyl sites for hydroxylation is 1. The molecule has 0 heterocycles. The Hall–Kier alpha value is -2.03. The van der Waals surface area contributed by atoms with Crippen LogP contribution in [-0.2, 0) is 6.61 Å². The van der Waals surface area contributed by atoms with Crippen LogP contribution < -0.4 is 10.5 Å². The van der Waals surface area contributed by atoms with Gasteiger partial charge in [-0.1, -0.05) is 38.1 Å². The van der Waals surface area contributed by atoms with Gasteiger partial charge >= 0.3 is 0 Å². The summed E-state index contributed by atoms with van der Waals surface area (Å²) in [6.45, 7) is 6.41. The maximum Gasteiger partial charge on any atom is 0.152 e. The van der Waals surface area contributed by atoms with E-state index >= 15 is 0 Å². The summed E-state index contributed by atoms with van der Waals surface area (Å²) in [6, 6.07) is 11.1. The molecule has 0 amide bonds. The first kappa shape index (κ1) is 14.4. The van der Waals surface area contributed by atoms with Gasteiger partial charge in [-0.05, 0) is 36.1 Å². The Labute approximate surface area is 119 Å². The highest BCUT2D eigenvalue weighted by atomic mass is 19.1. The molecule has 3 heteroatoms. The van der Waals surface area contributed by atoms with E-state index in [1.807, 2.05) is 13.0 Å². The van der Waals surface area contributed by atoms with Crippen LogP contribution in [0.1, 0.15) is 36.5 Å². The summed E-state index contributed by atoms with van der Waals surface area (Å²) >= 11 is 0. The number of nitrogen functional groups attached to an aromatic ring is 1. The molecule has 2 aromatic carbocycles. The number of rotatable bonds is 4. The molecule has 2 N–H and O–H groups in total. The van der Waals surface area contributed by atoms with Gasteiger partial charge in [0.25, 0.3) is 0 Å². The van der Waals surface area contributed by atoms with E-state index in [0.717, 1.165) is 16.9 Å². The number of hydrogen-bond donors (Lipinski definition) is 1. The maximum atomic E-state index is 13.8. The van der Waals surface area contributed by atoms with Crippen molar-refractivity contribution in [2.75, 3.05) is 5.73 Å². The molecule has 0 unspecified atom stereocenters. The first-order chi connectivity index (χ1) is 9.49. The second-order valence-electron chi connectivity index (χ2n) is 5.31. The summed E-state index contributed by atoms with van der Waals surface area (Å²) < 4.78 is 19.6. The summed E-state index contributed by atoms with van der Waals surface area (Å²) in [5.74, 6) is 0.768. The van der Waals surface area contributed by atoms with E-state index in [-0.39, 0.29) is 12.3 Å². The number of benzene rings is 2. The Morgan fingerprint density at radius 1 is 1.20 bits per heavy atom. The fourth-order valence-corrected chi connectivity index (χ4v) is 2.11. The topological polar surface area (TPSA) is 35.2 Å². The Bertz CT molecular complexity index is 608. The van der Waals surface area contributed by atoms with E-state index in [0.29, 0.717) is 11.5 Å². The molecule has 0 radical (unpaired) electrons. The van der Waals surface area contributed by atoms with Crippen molar-refractivity contribution < 1.29 is 9.13 Å². The molecule has 0 aliphatic rings. The van der Waals surface area contributed by atoms with Crippen molar-refractivity contribution in [3.8, 4) is 5.75 Å². The minimum absolute atomic E-state index is 0.152. The maximum absolute atomic E-state index is 13.8. The van der Waals surface area contributed by atoms with Gasteiger partial charge in [0.2, 0.25) is 0 Å². The molecule has 0 aliphatic heterocycles. The van der Waals surface area contributed by atoms with E-state index in [1.54, 1.807) is 18.2 Å². The molecule has 2 aromatic rings. The van der Waals surface area contributed by atoms with Crippen LogP contribution in [-0.4, -0.2) is 0 Å². The molecule has 106 valence electrons. The monoisotopic (exact) mass is 273 g/mol. The van der Waals surface area contributed by atoms with Crippen molar-refractivity contribution in [2.45, 2.75) is 33.3 Å². The minimum atomic E-state index is -0.397. The normalized spacial score (nSPS) is 10.8. The van der Waals surface area contributed by atoms with Crippen LogP contribution >= 0.6 is 0 Å². The molecule has 0 atom stereocenters. The molecular weight excluding hydrogens is 253 g/mol. The Morgan fingerprint density at radius 2 is 1.95 bits per heavy atom. The highest BCUT2D eigenvalue weighted by Crippen LogP contribution is 2.28. The van der Waals surface area contributed by atoms with Gasteiger partial charge in [-0.2, -0.15) is 0 Å². The van der Waals surface area contributed by atoms with E-state index in [4.69, 9.17) is 10.5 Å². The summed E-state index contributed by atoms with van der Waals surface area (Å²) in [6.07, 6.45) is 0. The van der Waals surface area contributed by atoms with Crippen molar-refractivity contribution in [1.82, 2.24) is 0 Å². The van der Waals surface area contributed by atoms with Gasteiger partial charge in [0.15, 0.2) is 5.82 Å². The van der Waals surface area contributed by atoms with Crippen molar-refractivity contribution in [3.63, 3.8) is 0 Å². The summed E-state index contributed by atoms with van der Waals surface area (Å²) in [7, 11) is 0. The number of nitrogens with two attached hydrogens (primary N) is 1. The summed E-state index contributed by atoms with van der Waals surface area (Å²) in [5.41, 5.74) is 8.43. The van der Waals surface area contributed by atoms with Crippen LogP contribution in [0, 0.1) is 12.7 Å². The van der Waals surface area contributed by atoms with E-state index in [2.05, 4.69) is 26.0 Å². The zero-order valence-corrected chi connectivity index (χ0v) is 12.1. The third kappa shape index (κ3) is 3.10. The van der Waals surface area contributed by atoms with Crippen LogP contribution in [0.15, 0.2) is 36.4 Å². The lowest BCUT2D eigenvalue weighted by Crippen LogP contribution is -2.03. The minimum Gasteiger partial charge on any atom is -0.488 e. The Morgan fingerprint density at radius 3 is 2.65 bits per heavy atom. The first-order valence-corrected chi connectivity index (χ1v) is 6.75. The molecule has 0 bridgehead atoms. The summed E-state index contributed by atoms with van der Waals surface area (Å²) in [4.78, 5) is 0. The Kier molecular flexibility index (Phi) is 4.28. The molecular formula is C17H20FNO. The lowest BCUT2D eigenvalue weighted by Gasteiger charge is -2.15. The number of anilines is 1. The third-order valence-electron chi connectivity index (χ3n) is 3.28. The lowest BCUT2D eigenvalue weighted by molar-refractivity contribution is 0.295. The van der Waals surface area contributed by atoms with Gasteiger partial charge in [-0.15, -0.1) is 0 Å². The fourth-order valence-electron chi connectivity index (χ4n) is 2.11. The van der Waals surface area contributed by atoms with Crippen LogP contribution in [0.3, 0.4) is 0 Å². The predicted molar refractivity (Wildman–Crippen MR) is 80.4 cm³/mol. The average Bonchev–Trinajstić information content (AvgIpc) is 2.40. The fraction of sp³-hybridized carbons (Fsp3) is 0.294. The van der Waals surface area contributed by atoms with Crippen molar-refractivity contribution in [1.29, 1.82) is 0 Å². The number of ether oxygens (including phenoxy) is 1. The number of halogens is 1. The van der Waals surface area contributed by atoms with Crippen LogP contribution in [0.2, 0.25) is 0 Å². The van der Waals surface area contributed by atoms with Crippen LogP contribution in [0.5, 0.6) is 5.75 Å². The molecule has 0 saturated heterocycles. The average molecular weight is 273 g/mol. The Balaban J connectivity index is 2.22. The molecule has 0 saturated carbocycles. The van der Waals surface area contributed by atoms with Gasteiger partial charge in [0.05, 0.1) is 5.69 Å². The second-order valence-corrected chi connectivity index (χ2v) is 5.31. The first-order valence-electron chi connectivity index (χ1n) is 6.75. The highest BCUT2D eigenvalue weighted by Gasteiger charge is 2.10. The third-order valence-corrected chi connectivity index (χ3v) is 3.28. The van der Waals surface area contributed by atoms with Gasteiger partial charge in [0, 0.05) is 5.56 Å². The zero-order valence-electron chi connectivity index (χ0n) is 12.1. The van der Waals surface area contributed by atoms with E-state index in [9.17, 15) is 4.39 Å². The van der Waals surface area contributed by atoms with Crippen molar-refractivity contribution in [3.05, 3.63) is 58.9 Å². The largest absolute Gasteiger partial charge is 0.488 e. The van der Waals surface area contributed by atoms with E-state index in [1.165, 1.54) is 0 Å². The molecule has 2 nitrogen and oxygen atoms in total. The van der Waals surface area contributed by atoms with Crippen LogP contribution in [0.4, 0.5) is 10.1 Å². The molecule has 0 aliphatic carbocycles. The molecule has 2 rings (SSSR count). The molecule has 0 fully saturated rings. The van der Waals surface area contributed by atoms with Crippen molar-refractivity contribution in [2.24, 2.45) is 0 Å². The van der Waals surface area contributed by atoms with Gasteiger partial charge < -0.3 is 10.5 Å². The standard InChI is InChI=1S/C17H20FNO/c1-11(2)14-8-7-12(3)9-16(14)20-10-13-5-4-6-15(19)17(13)18/h4-9,11H,10,19H2,1-3H3. The van der Waals surface area contributed by atoms with Gasteiger partial charge in [-0.3, -0.25) is 0 Å². The molecule has 0 aromatic heterocycles. The molecule has 20 heavy (non-hydrogen) atoms. The van der Waals surface area contributed by atoms with Crippen LogP contribution in [0.25, 0.3) is 0 Å². The summed E-state index contributed by atoms with van der Waals surface area (Å²) in [5, 5.41) is 0. The van der Waals surface area contributed by atoms with E-state index < -0.39 is 5.82 Å². The van der Waals surface area contributed by atoms with Crippen molar-refractivity contribution >= 4 is 5.69 Å². The second kappa shape index (κ2) is 5.95. The van der Waals surface area contributed by atoms with Gasteiger partial charge in [0.1, 0.15) is 12.4 Å². The number of hydrogen-bond acceptors (Lipinski definition) is 2.